The number of benzene rings is 3. The standard InChI is InChI=1S/C25H18N2O2/c1-2-5-20(6-3-1)29-21-11-9-19(10-12-21)27-24-14-15-26-23-13-8-18(17-22(23)24)25-7-4-16-28-25/h1-17H,(H,26,27). The molecule has 0 atom stereocenters. The molecule has 0 aliphatic heterocycles. The van der Waals surface area contributed by atoms with Gasteiger partial charge in [-0.3, -0.25) is 4.98 Å². The number of anilines is 2. The van der Waals surface area contributed by atoms with Gasteiger partial charge in [0.05, 0.1) is 11.8 Å². The highest BCUT2D eigenvalue weighted by Gasteiger charge is 2.07. The Morgan fingerprint density at radius 2 is 1.59 bits per heavy atom. The van der Waals surface area contributed by atoms with Gasteiger partial charge in [-0.1, -0.05) is 18.2 Å². The SMILES string of the molecule is c1ccc(Oc2ccc(Nc3ccnc4ccc(-c5ccco5)cc34)cc2)cc1. The van der Waals surface area contributed by atoms with E-state index in [9.17, 15) is 0 Å². The van der Waals surface area contributed by atoms with E-state index in [1.54, 1.807) is 6.26 Å². The number of fused-ring (bicyclic) bond motifs is 1. The molecule has 0 saturated heterocycles. The minimum atomic E-state index is 0.793. The Balaban J connectivity index is 1.41. The van der Waals surface area contributed by atoms with Gasteiger partial charge in [0.2, 0.25) is 0 Å². The summed E-state index contributed by atoms with van der Waals surface area (Å²) in [6.45, 7) is 0. The van der Waals surface area contributed by atoms with Crippen LogP contribution >= 0.6 is 0 Å². The highest BCUT2D eigenvalue weighted by molar-refractivity contribution is 5.95. The molecule has 0 fully saturated rings. The summed E-state index contributed by atoms with van der Waals surface area (Å²) in [5.74, 6) is 2.45. The molecule has 0 aliphatic rings. The molecule has 29 heavy (non-hydrogen) atoms. The van der Waals surface area contributed by atoms with Gasteiger partial charge >= 0.3 is 0 Å². The predicted molar refractivity (Wildman–Crippen MR) is 116 cm³/mol. The highest BCUT2D eigenvalue weighted by atomic mass is 16.5. The Kier molecular flexibility index (Phi) is 4.43. The summed E-state index contributed by atoms with van der Waals surface area (Å²) in [5.41, 5.74) is 3.90. The van der Waals surface area contributed by atoms with Crippen molar-refractivity contribution >= 4 is 22.3 Å². The molecule has 0 radical (unpaired) electrons. The van der Waals surface area contributed by atoms with Crippen molar-refractivity contribution in [3.05, 3.63) is 103 Å². The van der Waals surface area contributed by atoms with Crippen LogP contribution in [0, 0.1) is 0 Å². The molecular formula is C25H18N2O2. The first kappa shape index (κ1) is 17.1. The zero-order chi connectivity index (χ0) is 19.5. The van der Waals surface area contributed by atoms with Crippen molar-refractivity contribution in [2.24, 2.45) is 0 Å². The summed E-state index contributed by atoms with van der Waals surface area (Å²) in [5, 5.41) is 4.52. The third-order valence-electron chi connectivity index (χ3n) is 4.66. The topological polar surface area (TPSA) is 47.3 Å². The van der Waals surface area contributed by atoms with Crippen molar-refractivity contribution in [2.45, 2.75) is 0 Å². The first-order valence-electron chi connectivity index (χ1n) is 9.38. The summed E-state index contributed by atoms with van der Waals surface area (Å²) in [6.07, 6.45) is 3.49. The fourth-order valence-electron chi connectivity index (χ4n) is 3.24. The molecular weight excluding hydrogens is 360 g/mol. The van der Waals surface area contributed by atoms with E-state index >= 15 is 0 Å². The molecule has 5 aromatic rings. The second-order valence-corrected chi connectivity index (χ2v) is 6.63. The van der Waals surface area contributed by atoms with Crippen LogP contribution in [-0.4, -0.2) is 4.98 Å². The predicted octanol–water partition coefficient (Wildman–Crippen LogP) is 7.03. The monoisotopic (exact) mass is 378 g/mol. The van der Waals surface area contributed by atoms with Crippen molar-refractivity contribution in [1.29, 1.82) is 0 Å². The number of ether oxygens (including phenoxy) is 1. The smallest absolute Gasteiger partial charge is 0.133 e. The van der Waals surface area contributed by atoms with Crippen LogP contribution in [0.4, 0.5) is 11.4 Å². The number of furan rings is 1. The molecule has 0 amide bonds. The van der Waals surface area contributed by atoms with Gasteiger partial charge in [0.25, 0.3) is 0 Å². The average molecular weight is 378 g/mol. The van der Waals surface area contributed by atoms with E-state index in [1.165, 1.54) is 0 Å². The normalized spacial score (nSPS) is 10.8. The third-order valence-corrected chi connectivity index (χ3v) is 4.66. The molecule has 4 nitrogen and oxygen atoms in total. The largest absolute Gasteiger partial charge is 0.464 e. The minimum Gasteiger partial charge on any atom is -0.464 e. The van der Waals surface area contributed by atoms with E-state index in [2.05, 4.69) is 16.4 Å². The fourth-order valence-corrected chi connectivity index (χ4v) is 3.24. The zero-order valence-electron chi connectivity index (χ0n) is 15.6. The lowest BCUT2D eigenvalue weighted by Crippen LogP contribution is -1.93. The van der Waals surface area contributed by atoms with Gasteiger partial charge in [-0.15, -0.1) is 0 Å². The van der Waals surface area contributed by atoms with E-state index in [0.29, 0.717) is 0 Å². The molecule has 0 aliphatic carbocycles. The maximum absolute atomic E-state index is 5.86. The first-order valence-corrected chi connectivity index (χ1v) is 9.38. The number of para-hydroxylation sites is 1. The molecule has 1 N–H and O–H groups in total. The summed E-state index contributed by atoms with van der Waals surface area (Å²) in [4.78, 5) is 4.48. The first-order chi connectivity index (χ1) is 14.3. The number of nitrogens with one attached hydrogen (secondary N) is 1. The van der Waals surface area contributed by atoms with Gasteiger partial charge in [0.1, 0.15) is 17.3 Å². The van der Waals surface area contributed by atoms with Crippen LogP contribution in [0.5, 0.6) is 11.5 Å². The average Bonchev–Trinajstić information content (AvgIpc) is 3.31. The van der Waals surface area contributed by atoms with Gasteiger partial charge in [-0.05, 0) is 72.8 Å². The van der Waals surface area contributed by atoms with Crippen LogP contribution in [0.1, 0.15) is 0 Å². The van der Waals surface area contributed by atoms with Gasteiger partial charge in [0, 0.05) is 28.5 Å². The molecule has 2 heterocycles. The van der Waals surface area contributed by atoms with Crippen LogP contribution in [-0.2, 0) is 0 Å². The summed E-state index contributed by atoms with van der Waals surface area (Å²) in [7, 11) is 0. The lowest BCUT2D eigenvalue weighted by atomic mass is 10.1. The molecule has 0 saturated carbocycles. The molecule has 0 unspecified atom stereocenters. The van der Waals surface area contributed by atoms with Crippen molar-refractivity contribution in [3.8, 4) is 22.8 Å². The van der Waals surface area contributed by atoms with Crippen molar-refractivity contribution in [3.63, 3.8) is 0 Å². The minimum absolute atomic E-state index is 0.793. The van der Waals surface area contributed by atoms with Crippen LogP contribution in [0.3, 0.4) is 0 Å². The molecule has 4 heteroatoms. The number of hydrogen-bond acceptors (Lipinski definition) is 4. The Morgan fingerprint density at radius 1 is 0.759 bits per heavy atom. The number of aromatic nitrogens is 1. The highest BCUT2D eigenvalue weighted by Crippen LogP contribution is 2.31. The second-order valence-electron chi connectivity index (χ2n) is 6.63. The zero-order valence-corrected chi connectivity index (χ0v) is 15.6. The van der Waals surface area contributed by atoms with Crippen LogP contribution in [0.25, 0.3) is 22.2 Å². The van der Waals surface area contributed by atoms with E-state index in [1.807, 2.05) is 91.1 Å². The number of nitrogens with zero attached hydrogens (tertiary/aromatic N) is 1. The number of hydrogen-bond donors (Lipinski definition) is 1. The van der Waals surface area contributed by atoms with Crippen molar-refractivity contribution in [2.75, 3.05) is 5.32 Å². The van der Waals surface area contributed by atoms with Gasteiger partial charge in [-0.2, -0.15) is 0 Å². The van der Waals surface area contributed by atoms with Crippen molar-refractivity contribution < 1.29 is 9.15 Å². The van der Waals surface area contributed by atoms with Crippen LogP contribution in [0.2, 0.25) is 0 Å². The quantitative estimate of drug-likeness (QED) is 0.357. The Hall–Kier alpha value is -4.05. The van der Waals surface area contributed by atoms with E-state index in [-0.39, 0.29) is 0 Å². The van der Waals surface area contributed by atoms with Gasteiger partial charge < -0.3 is 14.5 Å². The van der Waals surface area contributed by atoms with Gasteiger partial charge in [-0.25, -0.2) is 0 Å². The summed E-state index contributed by atoms with van der Waals surface area (Å²) >= 11 is 0. The Morgan fingerprint density at radius 3 is 2.38 bits per heavy atom. The summed E-state index contributed by atoms with van der Waals surface area (Å²) in [6, 6.07) is 29.6. The number of pyridine rings is 1. The molecule has 2 aromatic heterocycles. The van der Waals surface area contributed by atoms with Crippen LogP contribution < -0.4 is 10.1 Å². The lowest BCUT2D eigenvalue weighted by molar-refractivity contribution is 0.483. The molecule has 0 bridgehead atoms. The van der Waals surface area contributed by atoms with Gasteiger partial charge in [0.15, 0.2) is 0 Å². The molecule has 0 spiro atoms. The van der Waals surface area contributed by atoms with E-state index < -0.39 is 0 Å². The Labute approximate surface area is 168 Å². The Bertz CT molecular complexity index is 1230. The maximum atomic E-state index is 5.86. The van der Waals surface area contributed by atoms with Crippen molar-refractivity contribution in [1.82, 2.24) is 4.98 Å². The fraction of sp³-hybridized carbons (Fsp3) is 0. The molecule has 140 valence electrons. The van der Waals surface area contributed by atoms with E-state index in [0.717, 1.165) is 45.1 Å². The summed E-state index contributed by atoms with van der Waals surface area (Å²) < 4.78 is 11.4. The van der Waals surface area contributed by atoms with E-state index in [4.69, 9.17) is 9.15 Å². The van der Waals surface area contributed by atoms with Crippen LogP contribution in [0.15, 0.2) is 108 Å². The maximum Gasteiger partial charge on any atom is 0.133 e. The lowest BCUT2D eigenvalue weighted by Gasteiger charge is -2.11. The second kappa shape index (κ2) is 7.52. The molecule has 3 aromatic carbocycles. The third kappa shape index (κ3) is 3.69. The number of rotatable bonds is 5. The molecule has 5 rings (SSSR count).